The Labute approximate surface area is 115 Å². The first-order chi connectivity index (χ1) is 9.54. The number of rotatable bonds is 7. The molecule has 0 aliphatic carbocycles. The molecular formula is C12H19N5O3. The van der Waals surface area contributed by atoms with Crippen LogP contribution >= 0.6 is 0 Å². The van der Waals surface area contributed by atoms with Crippen molar-refractivity contribution in [3.63, 3.8) is 0 Å². The lowest BCUT2D eigenvalue weighted by molar-refractivity contribution is -0.121. The van der Waals surface area contributed by atoms with Crippen molar-refractivity contribution >= 4 is 12.1 Å². The van der Waals surface area contributed by atoms with Gasteiger partial charge < -0.3 is 10.7 Å². The van der Waals surface area contributed by atoms with Crippen LogP contribution in [-0.2, 0) is 4.79 Å². The number of nitrogens with zero attached hydrogens (tertiary/aromatic N) is 1. The average molecular weight is 281 g/mol. The summed E-state index contributed by atoms with van der Waals surface area (Å²) >= 11 is 0. The van der Waals surface area contributed by atoms with E-state index in [-0.39, 0.29) is 11.5 Å². The Morgan fingerprint density at radius 3 is 2.70 bits per heavy atom. The molecule has 0 aliphatic heterocycles. The maximum Gasteiger partial charge on any atom is 0.325 e. The van der Waals surface area contributed by atoms with Crippen molar-refractivity contribution < 1.29 is 4.79 Å². The van der Waals surface area contributed by atoms with E-state index in [1.165, 1.54) is 6.21 Å². The van der Waals surface area contributed by atoms with Gasteiger partial charge in [-0.3, -0.25) is 14.6 Å². The van der Waals surface area contributed by atoms with Crippen molar-refractivity contribution in [3.05, 3.63) is 32.1 Å². The Kier molecular flexibility index (Phi) is 6.38. The van der Waals surface area contributed by atoms with Crippen LogP contribution in [-0.4, -0.2) is 28.6 Å². The number of amides is 1. The quantitative estimate of drug-likeness (QED) is 0.300. The second-order valence-corrected chi connectivity index (χ2v) is 4.34. The van der Waals surface area contributed by atoms with E-state index < -0.39 is 11.2 Å². The van der Waals surface area contributed by atoms with Gasteiger partial charge in [0.05, 0.1) is 11.8 Å². The molecule has 110 valence electrons. The zero-order valence-electron chi connectivity index (χ0n) is 11.4. The normalized spacial score (nSPS) is 10.9. The fourth-order valence-corrected chi connectivity index (χ4v) is 1.60. The molecule has 1 rings (SSSR count). The average Bonchev–Trinajstić information content (AvgIpc) is 2.37. The minimum absolute atomic E-state index is 0.202. The van der Waals surface area contributed by atoms with E-state index in [9.17, 15) is 14.4 Å². The number of aryl methyl sites for hydroxylation is 1. The summed E-state index contributed by atoms with van der Waals surface area (Å²) in [6.07, 6.45) is 4.10. The van der Waals surface area contributed by atoms with E-state index in [1.54, 1.807) is 6.92 Å². The summed E-state index contributed by atoms with van der Waals surface area (Å²) in [6, 6.07) is 0. The second-order valence-electron chi connectivity index (χ2n) is 4.34. The van der Waals surface area contributed by atoms with Crippen LogP contribution in [0.5, 0.6) is 0 Å². The number of nitrogens with two attached hydrogens (primary N) is 1. The molecule has 1 amide bonds. The van der Waals surface area contributed by atoms with Crippen LogP contribution in [0.3, 0.4) is 0 Å². The fourth-order valence-electron chi connectivity index (χ4n) is 1.60. The predicted molar refractivity (Wildman–Crippen MR) is 75.7 cm³/mol. The van der Waals surface area contributed by atoms with Gasteiger partial charge >= 0.3 is 5.69 Å². The van der Waals surface area contributed by atoms with E-state index >= 15 is 0 Å². The highest BCUT2D eigenvalue weighted by Crippen LogP contribution is 1.98. The fraction of sp³-hybridized carbons (Fsp3) is 0.500. The molecule has 8 nitrogen and oxygen atoms in total. The minimum Gasteiger partial charge on any atom is -0.330 e. The third kappa shape index (κ3) is 5.19. The Bertz CT molecular complexity index is 587. The first-order valence-corrected chi connectivity index (χ1v) is 6.39. The van der Waals surface area contributed by atoms with Gasteiger partial charge in [-0.1, -0.05) is 6.42 Å². The molecule has 0 fully saturated rings. The van der Waals surface area contributed by atoms with Crippen LogP contribution in [0.4, 0.5) is 0 Å². The molecule has 8 heteroatoms. The molecule has 0 spiro atoms. The largest absolute Gasteiger partial charge is 0.330 e. The van der Waals surface area contributed by atoms with Gasteiger partial charge in [-0.2, -0.15) is 5.10 Å². The van der Waals surface area contributed by atoms with Crippen LogP contribution < -0.4 is 22.4 Å². The monoisotopic (exact) mass is 281 g/mol. The van der Waals surface area contributed by atoms with Crippen molar-refractivity contribution in [2.45, 2.75) is 32.6 Å². The third-order valence-electron chi connectivity index (χ3n) is 2.67. The summed E-state index contributed by atoms with van der Waals surface area (Å²) in [5, 5.41) is 3.70. The van der Waals surface area contributed by atoms with Crippen LogP contribution in [0.2, 0.25) is 0 Å². The number of unbranched alkanes of at least 4 members (excludes halogenated alkanes) is 2. The molecular weight excluding hydrogens is 262 g/mol. The van der Waals surface area contributed by atoms with Crippen LogP contribution in [0, 0.1) is 6.92 Å². The van der Waals surface area contributed by atoms with E-state index in [1.807, 2.05) is 0 Å². The molecule has 0 aliphatic rings. The standard InChI is InChI=1S/C12H19N5O3/c1-8-9(11(19)16-12(20)15-8)7-14-17-10(18)5-3-2-4-6-13/h7H,2-6,13H2,1H3,(H,17,18)(H2,15,16,19,20). The van der Waals surface area contributed by atoms with Crippen LogP contribution in [0.1, 0.15) is 36.9 Å². The van der Waals surface area contributed by atoms with Gasteiger partial charge in [0.2, 0.25) is 5.91 Å². The van der Waals surface area contributed by atoms with Crippen LogP contribution in [0.15, 0.2) is 14.7 Å². The van der Waals surface area contributed by atoms with Gasteiger partial charge in [0.25, 0.3) is 5.56 Å². The third-order valence-corrected chi connectivity index (χ3v) is 2.67. The number of hydrazone groups is 1. The topological polar surface area (TPSA) is 133 Å². The van der Waals surface area contributed by atoms with Crippen molar-refractivity contribution in [1.29, 1.82) is 0 Å². The molecule has 0 unspecified atom stereocenters. The molecule has 0 radical (unpaired) electrons. The Hall–Kier alpha value is -2.22. The smallest absolute Gasteiger partial charge is 0.325 e. The lowest BCUT2D eigenvalue weighted by atomic mass is 10.2. The molecule has 5 N–H and O–H groups in total. The van der Waals surface area contributed by atoms with E-state index in [4.69, 9.17) is 5.73 Å². The molecule has 0 saturated carbocycles. The number of hydrogen-bond acceptors (Lipinski definition) is 5. The Morgan fingerprint density at radius 1 is 1.30 bits per heavy atom. The van der Waals surface area contributed by atoms with Gasteiger partial charge in [-0.25, -0.2) is 10.2 Å². The summed E-state index contributed by atoms with van der Waals surface area (Å²) in [4.78, 5) is 38.4. The minimum atomic E-state index is -0.575. The highest BCUT2D eigenvalue weighted by Gasteiger charge is 2.03. The van der Waals surface area contributed by atoms with Gasteiger partial charge in [0.1, 0.15) is 0 Å². The van der Waals surface area contributed by atoms with Crippen LogP contribution in [0.25, 0.3) is 0 Å². The second kappa shape index (κ2) is 8.05. The number of carbonyl (C=O) groups is 1. The van der Waals surface area contributed by atoms with Crippen molar-refractivity contribution in [2.75, 3.05) is 6.54 Å². The number of carbonyl (C=O) groups excluding carboxylic acids is 1. The SMILES string of the molecule is Cc1[nH]c(=O)[nH]c(=O)c1C=NNC(=O)CCCCCN. The predicted octanol–water partition coefficient (Wildman–Crippen LogP) is -0.659. The Morgan fingerprint density at radius 2 is 2.05 bits per heavy atom. The van der Waals surface area contributed by atoms with Gasteiger partial charge in [-0.15, -0.1) is 0 Å². The highest BCUT2D eigenvalue weighted by molar-refractivity contribution is 5.82. The zero-order valence-corrected chi connectivity index (χ0v) is 11.4. The highest BCUT2D eigenvalue weighted by atomic mass is 16.2. The lowest BCUT2D eigenvalue weighted by Crippen LogP contribution is -2.27. The summed E-state index contributed by atoms with van der Waals surface area (Å²) in [5.41, 5.74) is 7.14. The number of nitrogens with one attached hydrogen (secondary N) is 3. The number of aromatic amines is 2. The molecule has 0 atom stereocenters. The van der Waals surface area contributed by atoms with Crippen molar-refractivity contribution in [3.8, 4) is 0 Å². The molecule has 20 heavy (non-hydrogen) atoms. The maximum absolute atomic E-state index is 11.5. The molecule has 1 aromatic heterocycles. The molecule has 1 heterocycles. The first kappa shape index (κ1) is 15.8. The lowest BCUT2D eigenvalue weighted by Gasteiger charge is -2.00. The van der Waals surface area contributed by atoms with E-state index in [0.717, 1.165) is 19.3 Å². The van der Waals surface area contributed by atoms with Crippen molar-refractivity contribution in [2.24, 2.45) is 10.8 Å². The maximum atomic E-state index is 11.5. The van der Waals surface area contributed by atoms with Gasteiger partial charge in [0, 0.05) is 12.1 Å². The first-order valence-electron chi connectivity index (χ1n) is 6.39. The van der Waals surface area contributed by atoms with E-state index in [2.05, 4.69) is 20.5 Å². The van der Waals surface area contributed by atoms with E-state index in [0.29, 0.717) is 18.7 Å². The number of H-pyrrole nitrogens is 2. The number of hydrogen-bond donors (Lipinski definition) is 4. The molecule has 0 saturated heterocycles. The summed E-state index contributed by atoms with van der Waals surface area (Å²) in [5.74, 6) is -0.225. The van der Waals surface area contributed by atoms with Gasteiger partial charge in [-0.05, 0) is 26.3 Å². The Balaban J connectivity index is 2.51. The molecule has 0 aromatic carbocycles. The van der Waals surface area contributed by atoms with Gasteiger partial charge in [0.15, 0.2) is 0 Å². The van der Waals surface area contributed by atoms with Crippen molar-refractivity contribution in [1.82, 2.24) is 15.4 Å². The molecule has 0 bridgehead atoms. The summed E-state index contributed by atoms with van der Waals surface area (Å²) in [7, 11) is 0. The molecule has 1 aromatic rings. The summed E-state index contributed by atoms with van der Waals surface area (Å²) < 4.78 is 0. The zero-order chi connectivity index (χ0) is 15.0. The summed E-state index contributed by atoms with van der Waals surface area (Å²) in [6.45, 7) is 2.20. The number of aromatic nitrogens is 2.